The van der Waals surface area contributed by atoms with Crippen molar-refractivity contribution in [2.24, 2.45) is 0 Å². The molecule has 0 fully saturated rings. The molecule has 92 valence electrons. The van der Waals surface area contributed by atoms with E-state index < -0.39 is 0 Å². The first kappa shape index (κ1) is 10.3. The molecule has 0 atom stereocenters. The topological polar surface area (TPSA) is 39.3 Å². The molecule has 19 heavy (non-hydrogen) atoms. The first-order valence-electron chi connectivity index (χ1n) is 6.33. The van der Waals surface area contributed by atoms with Crippen LogP contribution in [0, 0.1) is 0 Å². The molecular formula is C15H14N4+2. The van der Waals surface area contributed by atoms with Gasteiger partial charge in [0.15, 0.2) is 0 Å². The SMILES string of the molecule is c1cc2cc[nH]c2[n+](C[n+]2cccc3cc[nH]c32)c1. The van der Waals surface area contributed by atoms with Gasteiger partial charge in [0.2, 0.25) is 6.67 Å². The monoisotopic (exact) mass is 250 g/mol. The van der Waals surface area contributed by atoms with Crippen LogP contribution in [-0.2, 0) is 6.67 Å². The molecule has 4 rings (SSSR count). The van der Waals surface area contributed by atoms with Gasteiger partial charge in [-0.05, 0) is 36.4 Å². The smallest absolute Gasteiger partial charge is 0.247 e. The molecule has 0 aliphatic heterocycles. The van der Waals surface area contributed by atoms with Gasteiger partial charge in [-0.1, -0.05) is 0 Å². The number of hydrogen-bond donors (Lipinski definition) is 2. The van der Waals surface area contributed by atoms with Crippen molar-refractivity contribution < 1.29 is 9.13 Å². The van der Waals surface area contributed by atoms with Crippen molar-refractivity contribution in [1.29, 1.82) is 0 Å². The Morgan fingerprint density at radius 3 is 1.79 bits per heavy atom. The number of rotatable bonds is 2. The number of hydrogen-bond acceptors (Lipinski definition) is 0. The van der Waals surface area contributed by atoms with Crippen LogP contribution in [0.15, 0.2) is 61.2 Å². The summed E-state index contributed by atoms with van der Waals surface area (Å²) >= 11 is 0. The van der Waals surface area contributed by atoms with Gasteiger partial charge in [-0.2, -0.15) is 9.13 Å². The van der Waals surface area contributed by atoms with E-state index in [2.05, 4.69) is 67.9 Å². The van der Waals surface area contributed by atoms with Gasteiger partial charge >= 0.3 is 0 Å². The molecule has 0 radical (unpaired) electrons. The summed E-state index contributed by atoms with van der Waals surface area (Å²) in [6.07, 6.45) is 8.13. The van der Waals surface area contributed by atoms with Crippen molar-refractivity contribution in [3.05, 3.63) is 61.2 Å². The highest BCUT2D eigenvalue weighted by atomic mass is 15.2. The van der Waals surface area contributed by atoms with Gasteiger partial charge in [0, 0.05) is 0 Å². The van der Waals surface area contributed by atoms with E-state index in [1.54, 1.807) is 0 Å². The Morgan fingerprint density at radius 1 is 0.737 bits per heavy atom. The summed E-state index contributed by atoms with van der Waals surface area (Å²) < 4.78 is 4.41. The summed E-state index contributed by atoms with van der Waals surface area (Å²) in [6.45, 7) is 0.774. The van der Waals surface area contributed by atoms with E-state index in [0.717, 1.165) is 18.0 Å². The van der Waals surface area contributed by atoms with E-state index >= 15 is 0 Å². The number of aromatic nitrogens is 4. The molecule has 0 bridgehead atoms. The van der Waals surface area contributed by atoms with E-state index in [9.17, 15) is 0 Å². The number of aromatic amines is 2. The molecule has 4 aromatic rings. The number of pyridine rings is 2. The van der Waals surface area contributed by atoms with E-state index in [-0.39, 0.29) is 0 Å². The third kappa shape index (κ3) is 1.61. The standard InChI is InChI=1S/C15H12N4/c1-3-12-5-7-16-14(12)18(9-1)11-19-10-2-4-13-6-8-17-15(13)19/h1-10H,11H2/p+2. The largest absolute Gasteiger partial charge is 0.289 e. The minimum Gasteiger partial charge on any atom is -0.247 e. The van der Waals surface area contributed by atoms with Gasteiger partial charge < -0.3 is 0 Å². The van der Waals surface area contributed by atoms with Gasteiger partial charge in [0.05, 0.1) is 35.6 Å². The first-order chi connectivity index (χ1) is 9.42. The third-order valence-corrected chi connectivity index (χ3v) is 3.48. The van der Waals surface area contributed by atoms with Crippen molar-refractivity contribution in [2.75, 3.05) is 0 Å². The van der Waals surface area contributed by atoms with Crippen LogP contribution in [0.3, 0.4) is 0 Å². The van der Waals surface area contributed by atoms with Gasteiger partial charge in [-0.15, -0.1) is 0 Å². The van der Waals surface area contributed by atoms with E-state index in [0.29, 0.717) is 0 Å². The van der Waals surface area contributed by atoms with Crippen LogP contribution >= 0.6 is 0 Å². The average molecular weight is 250 g/mol. The quantitative estimate of drug-likeness (QED) is 0.509. The van der Waals surface area contributed by atoms with Crippen LogP contribution in [-0.4, -0.2) is 9.97 Å². The fourth-order valence-corrected chi connectivity index (χ4v) is 2.56. The molecular weight excluding hydrogens is 236 g/mol. The van der Waals surface area contributed by atoms with Gasteiger partial charge in [-0.3, -0.25) is 0 Å². The molecule has 0 aliphatic rings. The van der Waals surface area contributed by atoms with Crippen molar-refractivity contribution in [2.45, 2.75) is 6.67 Å². The maximum Gasteiger partial charge on any atom is 0.289 e. The van der Waals surface area contributed by atoms with E-state index in [1.807, 2.05) is 12.4 Å². The fourth-order valence-electron chi connectivity index (χ4n) is 2.56. The van der Waals surface area contributed by atoms with Crippen molar-refractivity contribution in [1.82, 2.24) is 9.97 Å². The molecule has 4 aromatic heterocycles. The molecule has 0 unspecified atom stereocenters. The normalized spacial score (nSPS) is 11.4. The van der Waals surface area contributed by atoms with Crippen molar-refractivity contribution in [3.63, 3.8) is 0 Å². The summed E-state index contributed by atoms with van der Waals surface area (Å²) in [5.41, 5.74) is 2.28. The van der Waals surface area contributed by atoms with Crippen LogP contribution in [0.25, 0.3) is 22.1 Å². The third-order valence-electron chi connectivity index (χ3n) is 3.48. The van der Waals surface area contributed by atoms with Crippen LogP contribution < -0.4 is 9.13 Å². The highest BCUT2D eigenvalue weighted by molar-refractivity contribution is 5.72. The molecule has 0 amide bonds. The summed E-state index contributed by atoms with van der Waals surface area (Å²) in [5.74, 6) is 0. The Bertz CT molecular complexity index is 784. The summed E-state index contributed by atoms with van der Waals surface area (Å²) in [4.78, 5) is 6.58. The van der Waals surface area contributed by atoms with Crippen LogP contribution in [0.1, 0.15) is 0 Å². The number of nitrogens with zero attached hydrogens (tertiary/aromatic N) is 2. The first-order valence-corrected chi connectivity index (χ1v) is 6.33. The maximum atomic E-state index is 3.29. The minimum atomic E-state index is 0.774. The lowest BCUT2D eigenvalue weighted by Crippen LogP contribution is -2.52. The Kier molecular flexibility index (Phi) is 2.14. The summed E-state index contributed by atoms with van der Waals surface area (Å²) in [5, 5.41) is 2.45. The molecule has 4 nitrogen and oxygen atoms in total. The molecule has 0 saturated carbocycles. The zero-order valence-corrected chi connectivity index (χ0v) is 10.4. The Balaban J connectivity index is 1.86. The van der Waals surface area contributed by atoms with Crippen molar-refractivity contribution in [3.8, 4) is 0 Å². The van der Waals surface area contributed by atoms with Crippen LogP contribution in [0.2, 0.25) is 0 Å². The summed E-state index contributed by atoms with van der Waals surface area (Å²) in [6, 6.07) is 12.6. The average Bonchev–Trinajstić information content (AvgIpc) is 3.08. The predicted molar refractivity (Wildman–Crippen MR) is 72.4 cm³/mol. The zero-order chi connectivity index (χ0) is 12.7. The zero-order valence-electron chi connectivity index (χ0n) is 10.4. The predicted octanol–water partition coefficient (Wildman–Crippen LogP) is 1.73. The Morgan fingerprint density at radius 2 is 1.26 bits per heavy atom. The lowest BCUT2D eigenvalue weighted by Gasteiger charge is -2.01. The Hall–Kier alpha value is -2.62. The van der Waals surface area contributed by atoms with Crippen molar-refractivity contribution >= 4 is 22.1 Å². The molecule has 4 heterocycles. The Labute approximate surface area is 109 Å². The highest BCUT2D eigenvalue weighted by Crippen LogP contribution is 2.07. The maximum absolute atomic E-state index is 3.29. The van der Waals surface area contributed by atoms with Crippen LogP contribution in [0.4, 0.5) is 0 Å². The second-order valence-electron chi connectivity index (χ2n) is 4.66. The van der Waals surface area contributed by atoms with Gasteiger partial charge in [0.1, 0.15) is 0 Å². The highest BCUT2D eigenvalue weighted by Gasteiger charge is 2.13. The molecule has 0 aliphatic carbocycles. The molecule has 0 saturated heterocycles. The molecule has 4 heteroatoms. The molecule has 0 spiro atoms. The summed E-state index contributed by atoms with van der Waals surface area (Å²) in [7, 11) is 0. The van der Waals surface area contributed by atoms with E-state index in [1.165, 1.54) is 10.8 Å². The molecule has 2 N–H and O–H groups in total. The number of nitrogens with one attached hydrogen (secondary N) is 2. The van der Waals surface area contributed by atoms with Gasteiger partial charge in [-0.25, -0.2) is 9.97 Å². The number of H-pyrrole nitrogens is 2. The minimum absolute atomic E-state index is 0.774. The number of fused-ring (bicyclic) bond motifs is 2. The molecule has 0 aromatic carbocycles. The van der Waals surface area contributed by atoms with E-state index in [4.69, 9.17) is 0 Å². The second-order valence-corrected chi connectivity index (χ2v) is 4.66. The lowest BCUT2D eigenvalue weighted by atomic mass is 10.3. The second kappa shape index (κ2) is 3.95. The van der Waals surface area contributed by atoms with Gasteiger partial charge in [0.25, 0.3) is 11.3 Å². The van der Waals surface area contributed by atoms with Crippen LogP contribution in [0.5, 0.6) is 0 Å². The lowest BCUT2D eigenvalue weighted by molar-refractivity contribution is -0.891. The fraction of sp³-hybridized carbons (Fsp3) is 0.0667.